The number of ether oxygens (including phenoxy) is 1. The van der Waals surface area contributed by atoms with Crippen LogP contribution in [0.25, 0.3) is 0 Å². The predicted octanol–water partition coefficient (Wildman–Crippen LogP) is 2.48. The molecule has 2 aromatic rings. The van der Waals surface area contributed by atoms with Crippen molar-refractivity contribution >= 4 is 11.6 Å². The van der Waals surface area contributed by atoms with Crippen molar-refractivity contribution in [2.75, 3.05) is 26.5 Å². The van der Waals surface area contributed by atoms with E-state index in [-0.39, 0.29) is 11.7 Å². The molecule has 112 valence electrons. The first kappa shape index (κ1) is 14.9. The summed E-state index contributed by atoms with van der Waals surface area (Å²) in [6, 6.07) is 7.99. The summed E-state index contributed by atoms with van der Waals surface area (Å²) in [6.45, 7) is 0.380. The third kappa shape index (κ3) is 3.53. The van der Waals surface area contributed by atoms with E-state index in [0.29, 0.717) is 23.7 Å². The molecular formula is C15H18FN3O2. The van der Waals surface area contributed by atoms with Crippen LogP contribution in [0, 0.1) is 5.82 Å². The highest BCUT2D eigenvalue weighted by Crippen LogP contribution is 2.21. The second-order valence-electron chi connectivity index (χ2n) is 4.80. The van der Waals surface area contributed by atoms with Gasteiger partial charge in [0.05, 0.1) is 19.3 Å². The van der Waals surface area contributed by atoms with Gasteiger partial charge in [-0.3, -0.25) is 4.79 Å². The van der Waals surface area contributed by atoms with Crippen LogP contribution in [0.1, 0.15) is 16.2 Å². The van der Waals surface area contributed by atoms with Crippen LogP contribution in [0.2, 0.25) is 0 Å². The number of hydrogen-bond donors (Lipinski definition) is 2. The molecule has 0 saturated carbocycles. The van der Waals surface area contributed by atoms with E-state index in [4.69, 9.17) is 4.74 Å². The largest absolute Gasteiger partial charge is 0.497 e. The van der Waals surface area contributed by atoms with Crippen LogP contribution < -0.4 is 10.1 Å². The number of nitrogens with zero attached hydrogens (tertiary/aromatic N) is 1. The van der Waals surface area contributed by atoms with Crippen LogP contribution in [0.4, 0.5) is 10.1 Å². The topological polar surface area (TPSA) is 57.4 Å². The second kappa shape index (κ2) is 6.30. The van der Waals surface area contributed by atoms with E-state index in [1.165, 1.54) is 18.1 Å². The number of amides is 1. The van der Waals surface area contributed by atoms with E-state index in [0.717, 1.165) is 5.69 Å². The molecule has 0 saturated heterocycles. The summed E-state index contributed by atoms with van der Waals surface area (Å²) in [5, 5.41) is 2.97. The molecule has 1 amide bonds. The molecule has 0 aliphatic carbocycles. The standard InChI is InChI=1S/C15H18FN3O2/c1-19(2)15(20)13-7-4-10(18-13)9-17-14-8-11(21-3)5-6-12(14)16/h4-8,17-18H,9H2,1-3H3. The average molecular weight is 291 g/mol. The summed E-state index contributed by atoms with van der Waals surface area (Å²) >= 11 is 0. The molecule has 0 spiro atoms. The van der Waals surface area contributed by atoms with Gasteiger partial charge >= 0.3 is 0 Å². The van der Waals surface area contributed by atoms with E-state index < -0.39 is 0 Å². The number of nitrogens with one attached hydrogen (secondary N) is 2. The molecule has 0 radical (unpaired) electrons. The van der Waals surface area contributed by atoms with Gasteiger partial charge in [-0.2, -0.15) is 0 Å². The van der Waals surface area contributed by atoms with Gasteiger partial charge < -0.3 is 19.9 Å². The molecule has 2 N–H and O–H groups in total. The SMILES string of the molecule is COc1ccc(F)c(NCc2ccc(C(=O)N(C)C)[nH]2)c1. The zero-order valence-corrected chi connectivity index (χ0v) is 12.2. The fourth-order valence-corrected chi connectivity index (χ4v) is 1.87. The Labute approximate surface area is 122 Å². The summed E-state index contributed by atoms with van der Waals surface area (Å²) in [7, 11) is 4.90. The number of halogens is 1. The van der Waals surface area contributed by atoms with E-state index in [1.54, 1.807) is 38.4 Å². The summed E-state index contributed by atoms with van der Waals surface area (Å²) in [6.07, 6.45) is 0. The Kier molecular flexibility index (Phi) is 4.47. The Bertz CT molecular complexity index is 638. The molecule has 1 aromatic carbocycles. The Morgan fingerprint density at radius 3 is 2.76 bits per heavy atom. The number of benzene rings is 1. The summed E-state index contributed by atoms with van der Waals surface area (Å²) in [5.41, 5.74) is 1.65. The number of carbonyl (C=O) groups is 1. The molecule has 0 atom stereocenters. The van der Waals surface area contributed by atoms with Crippen LogP contribution in [-0.4, -0.2) is 37.0 Å². The van der Waals surface area contributed by atoms with Crippen LogP contribution in [0.5, 0.6) is 5.75 Å². The highest BCUT2D eigenvalue weighted by molar-refractivity contribution is 5.92. The van der Waals surface area contributed by atoms with Crippen molar-refractivity contribution in [2.24, 2.45) is 0 Å². The van der Waals surface area contributed by atoms with Gasteiger partial charge in [-0.1, -0.05) is 0 Å². The van der Waals surface area contributed by atoms with Crippen LogP contribution >= 0.6 is 0 Å². The average Bonchev–Trinajstić information content (AvgIpc) is 2.94. The fraction of sp³-hybridized carbons (Fsp3) is 0.267. The number of aromatic nitrogens is 1. The molecule has 21 heavy (non-hydrogen) atoms. The molecule has 1 aromatic heterocycles. The minimum atomic E-state index is -0.355. The van der Waals surface area contributed by atoms with Gasteiger partial charge in [0.15, 0.2) is 0 Å². The Morgan fingerprint density at radius 1 is 1.33 bits per heavy atom. The Morgan fingerprint density at radius 2 is 2.10 bits per heavy atom. The predicted molar refractivity (Wildman–Crippen MR) is 79.1 cm³/mol. The number of carbonyl (C=O) groups excluding carboxylic acids is 1. The molecule has 1 heterocycles. The smallest absolute Gasteiger partial charge is 0.269 e. The third-order valence-electron chi connectivity index (χ3n) is 3.03. The molecular weight excluding hydrogens is 273 g/mol. The van der Waals surface area contributed by atoms with Crippen molar-refractivity contribution < 1.29 is 13.9 Å². The number of rotatable bonds is 5. The maximum absolute atomic E-state index is 13.7. The van der Waals surface area contributed by atoms with Crippen molar-refractivity contribution in [1.82, 2.24) is 9.88 Å². The molecule has 2 rings (SSSR count). The van der Waals surface area contributed by atoms with Crippen LogP contribution in [0.3, 0.4) is 0 Å². The first-order valence-electron chi connectivity index (χ1n) is 6.48. The fourth-order valence-electron chi connectivity index (χ4n) is 1.87. The highest BCUT2D eigenvalue weighted by atomic mass is 19.1. The van der Waals surface area contributed by atoms with Gasteiger partial charge in [-0.15, -0.1) is 0 Å². The van der Waals surface area contributed by atoms with Crippen LogP contribution in [-0.2, 0) is 6.54 Å². The van der Waals surface area contributed by atoms with Crippen molar-refractivity contribution in [1.29, 1.82) is 0 Å². The van der Waals surface area contributed by atoms with E-state index in [9.17, 15) is 9.18 Å². The first-order valence-corrected chi connectivity index (χ1v) is 6.48. The van der Waals surface area contributed by atoms with Crippen LogP contribution in [0.15, 0.2) is 30.3 Å². The number of anilines is 1. The number of methoxy groups -OCH3 is 1. The maximum atomic E-state index is 13.7. The summed E-state index contributed by atoms with van der Waals surface area (Å²) < 4.78 is 18.7. The third-order valence-corrected chi connectivity index (χ3v) is 3.03. The molecule has 0 aliphatic heterocycles. The van der Waals surface area contributed by atoms with Crippen molar-refractivity contribution in [3.8, 4) is 5.75 Å². The van der Waals surface area contributed by atoms with Gasteiger partial charge in [-0.25, -0.2) is 4.39 Å². The van der Waals surface area contributed by atoms with Crippen molar-refractivity contribution in [2.45, 2.75) is 6.54 Å². The van der Waals surface area contributed by atoms with E-state index >= 15 is 0 Å². The summed E-state index contributed by atoms with van der Waals surface area (Å²) in [4.78, 5) is 16.3. The number of aromatic amines is 1. The minimum Gasteiger partial charge on any atom is -0.497 e. The van der Waals surface area contributed by atoms with Gasteiger partial charge in [-0.05, 0) is 24.3 Å². The number of hydrogen-bond acceptors (Lipinski definition) is 3. The molecule has 5 nitrogen and oxygen atoms in total. The first-order chi connectivity index (χ1) is 10.0. The lowest BCUT2D eigenvalue weighted by Crippen LogP contribution is -2.22. The van der Waals surface area contributed by atoms with Gasteiger partial charge in [0.2, 0.25) is 0 Å². The normalized spacial score (nSPS) is 10.3. The monoisotopic (exact) mass is 291 g/mol. The van der Waals surface area contributed by atoms with Crippen molar-refractivity contribution in [3.63, 3.8) is 0 Å². The van der Waals surface area contributed by atoms with E-state index in [2.05, 4.69) is 10.3 Å². The zero-order chi connectivity index (χ0) is 15.4. The lowest BCUT2D eigenvalue weighted by Gasteiger charge is -2.09. The Hall–Kier alpha value is -2.50. The van der Waals surface area contributed by atoms with Gasteiger partial charge in [0.25, 0.3) is 5.91 Å². The Balaban J connectivity index is 2.05. The number of H-pyrrole nitrogens is 1. The molecule has 0 bridgehead atoms. The van der Waals surface area contributed by atoms with Gasteiger partial charge in [0, 0.05) is 25.9 Å². The molecule has 0 aliphatic rings. The lowest BCUT2D eigenvalue weighted by molar-refractivity contribution is 0.0822. The maximum Gasteiger partial charge on any atom is 0.269 e. The lowest BCUT2D eigenvalue weighted by atomic mass is 10.2. The molecule has 0 fully saturated rings. The highest BCUT2D eigenvalue weighted by Gasteiger charge is 2.10. The minimum absolute atomic E-state index is 0.103. The molecule has 6 heteroatoms. The second-order valence-corrected chi connectivity index (χ2v) is 4.80. The zero-order valence-electron chi connectivity index (χ0n) is 12.2. The summed E-state index contributed by atoms with van der Waals surface area (Å²) in [5.74, 6) is 0.120. The molecule has 0 unspecified atom stereocenters. The van der Waals surface area contributed by atoms with E-state index in [1.807, 2.05) is 0 Å². The van der Waals surface area contributed by atoms with Crippen molar-refractivity contribution in [3.05, 3.63) is 47.5 Å². The quantitative estimate of drug-likeness (QED) is 0.890. The van der Waals surface area contributed by atoms with Gasteiger partial charge in [0.1, 0.15) is 17.3 Å².